The molecule has 1 N–H and O–H groups in total. The Labute approximate surface area is 209 Å². The summed E-state index contributed by atoms with van der Waals surface area (Å²) in [7, 11) is 0. The molecule has 1 amide bonds. The van der Waals surface area contributed by atoms with Gasteiger partial charge in [-0.2, -0.15) is 0 Å². The topological polar surface area (TPSA) is 95.7 Å². The molecule has 1 fully saturated rings. The van der Waals surface area contributed by atoms with E-state index in [0.29, 0.717) is 6.54 Å². The second kappa shape index (κ2) is 9.55. The van der Waals surface area contributed by atoms with Crippen molar-refractivity contribution in [3.8, 4) is 5.75 Å². The monoisotopic (exact) mass is 514 g/mol. The molecule has 0 bridgehead atoms. The minimum absolute atomic E-state index is 0.0403. The third kappa shape index (κ3) is 4.33. The predicted molar refractivity (Wildman–Crippen MR) is 128 cm³/mol. The molecule has 2 aliphatic heterocycles. The molecule has 36 heavy (non-hydrogen) atoms. The van der Waals surface area contributed by atoms with Gasteiger partial charge in [0.2, 0.25) is 5.43 Å². The number of ketones is 1. The number of amides is 1. The highest BCUT2D eigenvalue weighted by Crippen LogP contribution is 2.32. The van der Waals surface area contributed by atoms with Crippen LogP contribution in [0.4, 0.5) is 8.78 Å². The van der Waals surface area contributed by atoms with Gasteiger partial charge in [-0.25, -0.2) is 13.8 Å². The van der Waals surface area contributed by atoms with Gasteiger partial charge in [-0.15, -0.1) is 11.3 Å². The van der Waals surface area contributed by atoms with E-state index in [1.807, 2.05) is 12.3 Å². The number of Topliss-reactive ketones (excluding diaryl/α,β-unsaturated/α-hetero) is 1. The summed E-state index contributed by atoms with van der Waals surface area (Å²) < 4.78 is 28.6. The van der Waals surface area contributed by atoms with Crippen LogP contribution in [0, 0.1) is 11.6 Å². The molecule has 0 spiro atoms. The number of rotatable bonds is 6. The molecule has 0 aliphatic carbocycles. The summed E-state index contributed by atoms with van der Waals surface area (Å²) in [5.74, 6) is -3.32. The van der Waals surface area contributed by atoms with Gasteiger partial charge in [0.25, 0.3) is 5.91 Å². The van der Waals surface area contributed by atoms with Crippen LogP contribution in [0.5, 0.6) is 5.75 Å². The number of hydrogen-bond acceptors (Lipinski definition) is 7. The minimum atomic E-state index is -0.929. The van der Waals surface area contributed by atoms with Gasteiger partial charge in [0.15, 0.2) is 17.2 Å². The molecule has 0 radical (unpaired) electrons. The Morgan fingerprint density at radius 2 is 2.08 bits per heavy atom. The van der Waals surface area contributed by atoms with Gasteiger partial charge in [-0.05, 0) is 31.4 Å². The van der Waals surface area contributed by atoms with Crippen molar-refractivity contribution in [2.24, 2.45) is 0 Å². The number of benzene rings is 1. The Hall–Kier alpha value is -3.44. The Balaban J connectivity index is 1.44. The van der Waals surface area contributed by atoms with Crippen molar-refractivity contribution in [2.45, 2.75) is 51.5 Å². The summed E-state index contributed by atoms with van der Waals surface area (Å²) in [6, 6.07) is 3.00. The van der Waals surface area contributed by atoms with E-state index in [-0.39, 0.29) is 48.4 Å². The maximum atomic E-state index is 14.0. The van der Waals surface area contributed by atoms with Crippen molar-refractivity contribution in [1.29, 1.82) is 0 Å². The summed E-state index contributed by atoms with van der Waals surface area (Å²) in [5.41, 5.74) is -1.19. The Morgan fingerprint density at radius 3 is 2.81 bits per heavy atom. The van der Waals surface area contributed by atoms with Crippen LogP contribution in [-0.4, -0.2) is 54.9 Å². The highest BCUT2D eigenvalue weighted by Gasteiger charge is 2.43. The van der Waals surface area contributed by atoms with Crippen LogP contribution in [0.2, 0.25) is 0 Å². The van der Waals surface area contributed by atoms with E-state index < -0.39 is 34.5 Å². The van der Waals surface area contributed by atoms with Crippen molar-refractivity contribution >= 4 is 23.0 Å². The van der Waals surface area contributed by atoms with Gasteiger partial charge in [-0.1, -0.05) is 6.07 Å². The molecule has 2 aliphatic rings. The van der Waals surface area contributed by atoms with E-state index in [1.54, 1.807) is 11.1 Å². The second-order valence-corrected chi connectivity index (χ2v) is 10.1. The van der Waals surface area contributed by atoms with Gasteiger partial charge in [0, 0.05) is 42.8 Å². The van der Waals surface area contributed by atoms with Crippen LogP contribution in [0.1, 0.15) is 51.2 Å². The second-order valence-electron chi connectivity index (χ2n) is 9.11. The van der Waals surface area contributed by atoms with Crippen LogP contribution < -0.4 is 5.43 Å². The Morgan fingerprint density at radius 1 is 1.28 bits per heavy atom. The van der Waals surface area contributed by atoms with Gasteiger partial charge >= 0.3 is 0 Å². The fraction of sp³-hybridized carbons (Fsp3) is 0.360. The molecule has 5 rings (SSSR count). The third-order valence-corrected chi connectivity index (χ3v) is 7.63. The minimum Gasteiger partial charge on any atom is -0.503 e. The van der Waals surface area contributed by atoms with Crippen LogP contribution in [0.3, 0.4) is 0 Å². The number of fused-ring (bicyclic) bond motifs is 2. The summed E-state index contributed by atoms with van der Waals surface area (Å²) in [5, 5.41) is 13.5. The van der Waals surface area contributed by atoms with Gasteiger partial charge in [0.1, 0.15) is 22.8 Å². The number of aromatic hydroxyl groups is 1. The average molecular weight is 515 g/mol. The summed E-state index contributed by atoms with van der Waals surface area (Å²) in [6.07, 6.45) is 3.18. The van der Waals surface area contributed by atoms with Crippen molar-refractivity contribution < 1.29 is 23.5 Å². The highest BCUT2D eigenvalue weighted by atomic mass is 32.1. The largest absolute Gasteiger partial charge is 0.503 e. The van der Waals surface area contributed by atoms with E-state index in [4.69, 9.17) is 0 Å². The molecule has 8 nitrogen and oxygen atoms in total. The quantitative estimate of drug-likeness (QED) is 0.508. The molecule has 1 aromatic carbocycles. The molecule has 3 aromatic rings. The fourth-order valence-corrected chi connectivity index (χ4v) is 5.60. The van der Waals surface area contributed by atoms with E-state index >= 15 is 0 Å². The number of aryl methyl sites for hydroxylation is 1. The normalized spacial score (nSPS) is 19.8. The highest BCUT2D eigenvalue weighted by molar-refractivity contribution is 7.09. The molecule has 2 aromatic heterocycles. The number of thiazole rings is 1. The lowest BCUT2D eigenvalue weighted by atomic mass is 10.00. The first-order valence-corrected chi connectivity index (χ1v) is 12.5. The SMILES string of the molecule is C[C@H]1CCN(Cc2nccs2)[C@@H]2Cn3cc(C(=O)CCc4ccc(F)cc4F)c(=O)c(O)c3C(=O)N12. The lowest BCUT2D eigenvalue weighted by Crippen LogP contribution is -2.63. The zero-order valence-corrected chi connectivity index (χ0v) is 20.3. The number of carbonyl (C=O) groups is 2. The van der Waals surface area contributed by atoms with E-state index in [1.165, 1.54) is 28.2 Å². The number of nitrogens with zero attached hydrogens (tertiary/aromatic N) is 4. The van der Waals surface area contributed by atoms with E-state index in [9.17, 15) is 28.3 Å². The third-order valence-electron chi connectivity index (χ3n) is 6.86. The lowest BCUT2D eigenvalue weighted by Gasteiger charge is -2.50. The van der Waals surface area contributed by atoms with Gasteiger partial charge in [0.05, 0.1) is 18.7 Å². The molecule has 4 heterocycles. The van der Waals surface area contributed by atoms with Crippen molar-refractivity contribution in [1.82, 2.24) is 19.4 Å². The summed E-state index contributed by atoms with van der Waals surface area (Å²) >= 11 is 1.52. The molecule has 1 saturated heterocycles. The van der Waals surface area contributed by atoms with Crippen molar-refractivity contribution in [2.75, 3.05) is 6.54 Å². The molecule has 11 heteroatoms. The molecule has 188 valence electrons. The zero-order valence-electron chi connectivity index (χ0n) is 19.5. The zero-order chi connectivity index (χ0) is 25.6. The van der Waals surface area contributed by atoms with Crippen LogP contribution in [-0.2, 0) is 19.5 Å². The van der Waals surface area contributed by atoms with Crippen LogP contribution in [0.25, 0.3) is 0 Å². The van der Waals surface area contributed by atoms with Crippen LogP contribution in [0.15, 0.2) is 40.8 Å². The average Bonchev–Trinajstić information content (AvgIpc) is 3.35. The number of aromatic nitrogens is 2. The standard InChI is InChI=1S/C25H24F2N4O4S/c1-14-6-8-29(12-20-28-7-9-36-20)21-13-30-11-17(23(33)24(34)22(30)25(35)31(14)21)19(32)5-3-15-2-4-16(26)10-18(15)27/h2,4,7,9-11,14,21,34H,3,5-6,8,12-13H2,1H3/t14-,21-/m0/s1. The molecular weight excluding hydrogens is 490 g/mol. The van der Waals surface area contributed by atoms with Gasteiger partial charge < -0.3 is 14.6 Å². The molecular formula is C25H24F2N4O4S. The predicted octanol–water partition coefficient (Wildman–Crippen LogP) is 3.18. The van der Waals surface area contributed by atoms with Gasteiger partial charge in [-0.3, -0.25) is 19.3 Å². The number of pyridine rings is 1. The molecule has 0 saturated carbocycles. The lowest BCUT2D eigenvalue weighted by molar-refractivity contribution is -0.0363. The summed E-state index contributed by atoms with van der Waals surface area (Å²) in [6.45, 7) is 3.49. The first-order chi connectivity index (χ1) is 17.2. The van der Waals surface area contributed by atoms with Crippen LogP contribution >= 0.6 is 11.3 Å². The maximum Gasteiger partial charge on any atom is 0.276 e. The smallest absolute Gasteiger partial charge is 0.276 e. The Bertz CT molecular complexity index is 1390. The van der Waals surface area contributed by atoms with E-state index in [0.717, 1.165) is 30.1 Å². The fourth-order valence-electron chi connectivity index (χ4n) is 4.96. The van der Waals surface area contributed by atoms with Crippen molar-refractivity contribution in [3.63, 3.8) is 0 Å². The molecule has 2 atom stereocenters. The number of halogens is 2. The maximum absolute atomic E-state index is 14.0. The first-order valence-electron chi connectivity index (χ1n) is 11.6. The van der Waals surface area contributed by atoms with Crippen molar-refractivity contribution in [3.05, 3.63) is 79.7 Å². The van der Waals surface area contributed by atoms with E-state index in [2.05, 4.69) is 9.88 Å². The number of carbonyl (C=O) groups excluding carboxylic acids is 2. The summed E-state index contributed by atoms with van der Waals surface area (Å²) in [4.78, 5) is 47.4. The molecule has 0 unspecified atom stereocenters. The Kier molecular flexibility index (Phi) is 6.44. The first kappa shape index (κ1) is 24.3. The number of hydrogen-bond donors (Lipinski definition) is 1.